The second kappa shape index (κ2) is 8.08. The van der Waals surface area contributed by atoms with Gasteiger partial charge < -0.3 is 0 Å². The van der Waals surface area contributed by atoms with E-state index in [1.807, 2.05) is 10.0 Å². The third-order valence-electron chi connectivity index (χ3n) is 4.15. The van der Waals surface area contributed by atoms with Gasteiger partial charge in [-0.2, -0.15) is 0 Å². The van der Waals surface area contributed by atoms with Crippen molar-refractivity contribution < 1.29 is 0 Å². The van der Waals surface area contributed by atoms with E-state index in [2.05, 4.69) is 84.0 Å². The predicted molar refractivity (Wildman–Crippen MR) is 99.2 cm³/mol. The molecule has 3 rings (SSSR count). The van der Waals surface area contributed by atoms with Gasteiger partial charge in [0.05, 0.1) is 11.4 Å². The van der Waals surface area contributed by atoms with Crippen molar-refractivity contribution in [3.8, 4) is 0 Å². The van der Waals surface area contributed by atoms with Crippen molar-refractivity contribution in [1.82, 2.24) is 21.1 Å². The Morgan fingerprint density at radius 2 is 1.25 bits per heavy atom. The molecule has 0 aliphatic carbocycles. The van der Waals surface area contributed by atoms with Crippen LogP contribution in [0, 0.1) is 0 Å². The monoisotopic (exact) mass is 328 g/mol. The van der Waals surface area contributed by atoms with Crippen LogP contribution in [-0.4, -0.2) is 23.1 Å². The summed E-state index contributed by atoms with van der Waals surface area (Å²) in [6.45, 7) is 6.46. The zero-order valence-corrected chi connectivity index (χ0v) is 14.7. The second-order valence-electron chi connectivity index (χ2n) is 6.15. The van der Waals surface area contributed by atoms with Crippen LogP contribution in [0.2, 0.25) is 0 Å². The summed E-state index contributed by atoms with van der Waals surface area (Å²) in [6, 6.07) is 8.47. The smallest absolute Gasteiger partial charge is 0.0610 e. The van der Waals surface area contributed by atoms with Gasteiger partial charge in [-0.25, -0.2) is 0 Å². The molecule has 130 valence electrons. The minimum atomic E-state index is 1.02. The Morgan fingerprint density at radius 3 is 1.71 bits per heavy atom. The third-order valence-corrected chi connectivity index (χ3v) is 4.15. The van der Waals surface area contributed by atoms with Crippen LogP contribution in [0.3, 0.4) is 0 Å². The van der Waals surface area contributed by atoms with Crippen LogP contribution in [-0.2, 0) is 0 Å². The van der Waals surface area contributed by atoms with Crippen LogP contribution in [0.5, 0.6) is 0 Å². The first-order valence-corrected chi connectivity index (χ1v) is 8.91. The number of rotatable bonds is 8. The molecule has 2 aliphatic heterocycles. The summed E-state index contributed by atoms with van der Waals surface area (Å²) in [4.78, 5) is 0. The molecular weight excluding hydrogens is 300 g/mol. The number of nitrogens with one attached hydrogen (secondary N) is 2. The fourth-order valence-electron chi connectivity index (χ4n) is 2.69. The SMILES string of the molecule is CCCCN1C=CN(c2cccc(N3C=CN(CCCC)N3)c2)N1. The molecule has 0 spiro atoms. The molecular formula is C18H28N6. The van der Waals surface area contributed by atoms with Gasteiger partial charge in [0.15, 0.2) is 0 Å². The van der Waals surface area contributed by atoms with Crippen LogP contribution in [0.1, 0.15) is 39.5 Å². The van der Waals surface area contributed by atoms with Gasteiger partial charge in [-0.3, -0.25) is 20.0 Å². The summed E-state index contributed by atoms with van der Waals surface area (Å²) in [5.41, 5.74) is 9.00. The number of benzene rings is 1. The summed E-state index contributed by atoms with van der Waals surface area (Å²) in [7, 11) is 0. The predicted octanol–water partition coefficient (Wildman–Crippen LogP) is 3.31. The van der Waals surface area contributed by atoms with Gasteiger partial charge in [-0.15, -0.1) is 11.1 Å². The molecule has 0 atom stereocenters. The maximum Gasteiger partial charge on any atom is 0.0610 e. The van der Waals surface area contributed by atoms with Crippen molar-refractivity contribution in [2.75, 3.05) is 23.1 Å². The van der Waals surface area contributed by atoms with Crippen LogP contribution >= 0.6 is 0 Å². The van der Waals surface area contributed by atoms with Gasteiger partial charge in [-0.1, -0.05) is 32.8 Å². The Kier molecular flexibility index (Phi) is 5.61. The number of anilines is 2. The Bertz CT molecular complexity index is 537. The molecule has 0 fully saturated rings. The van der Waals surface area contributed by atoms with Crippen molar-refractivity contribution in [3.05, 3.63) is 49.1 Å². The first-order valence-electron chi connectivity index (χ1n) is 8.91. The highest BCUT2D eigenvalue weighted by Gasteiger charge is 2.16. The zero-order chi connectivity index (χ0) is 16.8. The average molecular weight is 328 g/mol. The summed E-state index contributed by atoms with van der Waals surface area (Å²) < 4.78 is 0. The molecule has 0 saturated carbocycles. The Hall–Kier alpha value is -2.18. The third kappa shape index (κ3) is 4.01. The molecule has 0 unspecified atom stereocenters. The van der Waals surface area contributed by atoms with Crippen molar-refractivity contribution in [1.29, 1.82) is 0 Å². The molecule has 0 radical (unpaired) electrons. The van der Waals surface area contributed by atoms with Gasteiger partial charge in [0, 0.05) is 37.9 Å². The molecule has 24 heavy (non-hydrogen) atoms. The molecule has 1 aromatic rings. The summed E-state index contributed by atoms with van der Waals surface area (Å²) >= 11 is 0. The van der Waals surface area contributed by atoms with Crippen LogP contribution in [0.4, 0.5) is 11.4 Å². The lowest BCUT2D eigenvalue weighted by Crippen LogP contribution is -2.40. The largest absolute Gasteiger partial charge is 0.296 e. The van der Waals surface area contributed by atoms with E-state index in [1.165, 1.54) is 25.7 Å². The van der Waals surface area contributed by atoms with E-state index >= 15 is 0 Å². The quantitative estimate of drug-likeness (QED) is 0.762. The van der Waals surface area contributed by atoms with Gasteiger partial charge in [0.2, 0.25) is 0 Å². The molecule has 0 amide bonds. The van der Waals surface area contributed by atoms with Gasteiger partial charge >= 0.3 is 0 Å². The summed E-state index contributed by atoms with van der Waals surface area (Å²) in [5.74, 6) is 0. The molecule has 6 heteroatoms. The average Bonchev–Trinajstić information content (AvgIpc) is 3.28. The minimum absolute atomic E-state index is 1.02. The summed E-state index contributed by atoms with van der Waals surface area (Å²) in [6.07, 6.45) is 13.1. The molecule has 6 nitrogen and oxygen atoms in total. The Labute approximate surface area is 144 Å². The number of unbranched alkanes of at least 4 members (excludes halogenated alkanes) is 2. The Morgan fingerprint density at radius 1 is 0.750 bits per heavy atom. The number of nitrogens with zero attached hydrogens (tertiary/aromatic N) is 4. The lowest BCUT2D eigenvalue weighted by atomic mass is 10.2. The molecule has 1 aromatic carbocycles. The van der Waals surface area contributed by atoms with Crippen LogP contribution in [0.25, 0.3) is 0 Å². The highest BCUT2D eigenvalue weighted by molar-refractivity contribution is 5.61. The maximum absolute atomic E-state index is 3.38. The zero-order valence-electron chi connectivity index (χ0n) is 14.7. The van der Waals surface area contributed by atoms with Crippen molar-refractivity contribution >= 4 is 11.4 Å². The highest BCUT2D eigenvalue weighted by atomic mass is 15.8. The number of hydrogen-bond acceptors (Lipinski definition) is 6. The lowest BCUT2D eigenvalue weighted by molar-refractivity contribution is 0.289. The topological polar surface area (TPSA) is 37.0 Å². The van der Waals surface area contributed by atoms with Crippen LogP contribution < -0.4 is 21.1 Å². The standard InChI is InChI=1S/C18H28N6/c1-3-5-10-21-12-14-23(19-21)17-8-7-9-18(16-17)24-15-13-22(20-24)11-6-4-2/h7-9,12-16,19-20H,3-6,10-11H2,1-2H3. The number of hydrazine groups is 4. The van der Waals surface area contributed by atoms with E-state index in [1.54, 1.807) is 0 Å². The fraction of sp³-hybridized carbons (Fsp3) is 0.444. The second-order valence-corrected chi connectivity index (χ2v) is 6.15. The van der Waals surface area contributed by atoms with Crippen molar-refractivity contribution in [3.63, 3.8) is 0 Å². The van der Waals surface area contributed by atoms with Crippen LogP contribution in [0.15, 0.2) is 49.1 Å². The van der Waals surface area contributed by atoms with E-state index in [0.717, 1.165) is 24.5 Å². The molecule has 0 bridgehead atoms. The summed E-state index contributed by atoms with van der Waals surface area (Å²) in [5, 5.41) is 8.34. The minimum Gasteiger partial charge on any atom is -0.296 e. The van der Waals surface area contributed by atoms with E-state index in [-0.39, 0.29) is 0 Å². The van der Waals surface area contributed by atoms with Crippen molar-refractivity contribution in [2.45, 2.75) is 39.5 Å². The molecule has 0 aromatic heterocycles. The molecule has 2 N–H and O–H groups in total. The highest BCUT2D eigenvalue weighted by Crippen LogP contribution is 2.24. The molecule has 2 heterocycles. The normalized spacial score (nSPS) is 16.8. The van der Waals surface area contributed by atoms with E-state index in [4.69, 9.17) is 0 Å². The molecule has 2 aliphatic rings. The Balaban J connectivity index is 1.60. The maximum atomic E-state index is 3.38. The van der Waals surface area contributed by atoms with Gasteiger partial charge in [0.1, 0.15) is 0 Å². The van der Waals surface area contributed by atoms with Crippen molar-refractivity contribution in [2.24, 2.45) is 0 Å². The fourth-order valence-corrected chi connectivity index (χ4v) is 2.69. The van der Waals surface area contributed by atoms with E-state index in [0.29, 0.717) is 0 Å². The van der Waals surface area contributed by atoms with E-state index < -0.39 is 0 Å². The van der Waals surface area contributed by atoms with Gasteiger partial charge in [-0.05, 0) is 31.0 Å². The number of hydrogen-bond donors (Lipinski definition) is 2. The first kappa shape index (κ1) is 16.7. The van der Waals surface area contributed by atoms with Gasteiger partial charge in [0.25, 0.3) is 0 Å². The molecule has 0 saturated heterocycles. The van der Waals surface area contributed by atoms with E-state index in [9.17, 15) is 0 Å². The lowest BCUT2D eigenvalue weighted by Gasteiger charge is -2.25. The first-order chi connectivity index (χ1) is 11.8.